The number of amides is 2. The van der Waals surface area contributed by atoms with Gasteiger partial charge in [0.2, 0.25) is 11.8 Å². The molecule has 1 unspecified atom stereocenters. The first-order valence-corrected chi connectivity index (χ1v) is 8.52. The lowest BCUT2D eigenvalue weighted by molar-refractivity contribution is -0.134. The Hall–Kier alpha value is -1.66. The Bertz CT molecular complexity index is 583. The molecule has 1 aliphatic heterocycles. The lowest BCUT2D eigenvalue weighted by Gasteiger charge is -2.36. The van der Waals surface area contributed by atoms with E-state index in [9.17, 15) is 14.0 Å². The fraction of sp³-hybridized carbons (Fsp3) is 0.556. The number of carbonyl (C=O) groups excluding carboxylic acids is 2. The van der Waals surface area contributed by atoms with Crippen molar-refractivity contribution in [3.63, 3.8) is 0 Å². The molecule has 1 aliphatic rings. The van der Waals surface area contributed by atoms with Crippen LogP contribution in [0.4, 0.5) is 4.39 Å². The summed E-state index contributed by atoms with van der Waals surface area (Å²) < 4.78 is 13.5. The number of carbonyl (C=O) groups is 2. The molecule has 0 bridgehead atoms. The molecule has 2 rings (SSSR count). The summed E-state index contributed by atoms with van der Waals surface area (Å²) in [5.41, 5.74) is 0.799. The highest BCUT2D eigenvalue weighted by Crippen LogP contribution is 2.24. The average Bonchev–Trinajstić information content (AvgIpc) is 2.54. The van der Waals surface area contributed by atoms with E-state index >= 15 is 0 Å². The highest BCUT2D eigenvalue weighted by atomic mass is 35.5. The van der Waals surface area contributed by atoms with Crippen LogP contribution in [0.2, 0.25) is 0 Å². The molecule has 0 aromatic heterocycles. The molecular formula is C18H27ClFN3O2. The van der Waals surface area contributed by atoms with E-state index in [4.69, 9.17) is 0 Å². The number of rotatable bonds is 6. The summed E-state index contributed by atoms with van der Waals surface area (Å²) in [7, 11) is 0. The summed E-state index contributed by atoms with van der Waals surface area (Å²) in [4.78, 5) is 26.0. The van der Waals surface area contributed by atoms with E-state index in [1.54, 1.807) is 11.0 Å². The molecule has 0 saturated carbocycles. The van der Waals surface area contributed by atoms with Gasteiger partial charge in [-0.3, -0.25) is 9.59 Å². The maximum absolute atomic E-state index is 13.5. The fourth-order valence-electron chi connectivity index (χ4n) is 2.95. The monoisotopic (exact) mass is 371 g/mol. The van der Waals surface area contributed by atoms with Crippen LogP contribution in [-0.4, -0.2) is 42.4 Å². The van der Waals surface area contributed by atoms with E-state index < -0.39 is 0 Å². The topological polar surface area (TPSA) is 61.4 Å². The molecule has 140 valence electrons. The molecule has 0 spiro atoms. The van der Waals surface area contributed by atoms with Crippen molar-refractivity contribution >= 4 is 24.2 Å². The van der Waals surface area contributed by atoms with E-state index in [1.807, 2.05) is 19.9 Å². The Labute approximate surface area is 154 Å². The standard InChI is InChI=1S/C18H26FN3O2.ClH/c1-13(2)21-17(23)7-4-8-18(24)22-10-9-20-12-16(22)14-5-3-6-15(19)11-14;/h3,5-6,11,13,16,20H,4,7-10,12H2,1-2H3,(H,21,23);1H. The second kappa shape index (κ2) is 10.4. The molecule has 1 saturated heterocycles. The van der Waals surface area contributed by atoms with Gasteiger partial charge in [-0.1, -0.05) is 12.1 Å². The molecule has 1 aromatic carbocycles. The number of nitrogens with zero attached hydrogens (tertiary/aromatic N) is 1. The minimum Gasteiger partial charge on any atom is -0.354 e. The first-order chi connectivity index (χ1) is 11.5. The van der Waals surface area contributed by atoms with E-state index in [0.717, 1.165) is 12.1 Å². The zero-order chi connectivity index (χ0) is 17.5. The van der Waals surface area contributed by atoms with Crippen molar-refractivity contribution in [2.24, 2.45) is 0 Å². The first kappa shape index (κ1) is 21.4. The summed E-state index contributed by atoms with van der Waals surface area (Å²) in [6, 6.07) is 6.34. The Morgan fingerprint density at radius 1 is 1.36 bits per heavy atom. The molecule has 2 N–H and O–H groups in total. The molecule has 1 atom stereocenters. The highest BCUT2D eigenvalue weighted by Gasteiger charge is 2.27. The maximum atomic E-state index is 13.5. The summed E-state index contributed by atoms with van der Waals surface area (Å²) in [6.07, 6.45) is 1.20. The van der Waals surface area contributed by atoms with Gasteiger partial charge in [0, 0.05) is 38.5 Å². The van der Waals surface area contributed by atoms with Gasteiger partial charge in [-0.15, -0.1) is 12.4 Å². The van der Waals surface area contributed by atoms with E-state index in [1.165, 1.54) is 12.1 Å². The zero-order valence-corrected chi connectivity index (χ0v) is 15.6. The number of halogens is 2. The third-order valence-corrected chi connectivity index (χ3v) is 4.04. The lowest BCUT2D eigenvalue weighted by atomic mass is 10.0. The molecule has 1 heterocycles. The van der Waals surface area contributed by atoms with Gasteiger partial charge in [0.15, 0.2) is 0 Å². The van der Waals surface area contributed by atoms with Crippen molar-refractivity contribution in [1.29, 1.82) is 0 Å². The van der Waals surface area contributed by atoms with E-state index in [-0.39, 0.29) is 42.1 Å². The largest absolute Gasteiger partial charge is 0.354 e. The molecule has 7 heteroatoms. The van der Waals surface area contributed by atoms with Crippen molar-refractivity contribution in [3.05, 3.63) is 35.6 Å². The van der Waals surface area contributed by atoms with Crippen molar-refractivity contribution in [2.45, 2.75) is 45.2 Å². The smallest absolute Gasteiger partial charge is 0.223 e. The molecule has 1 fully saturated rings. The Morgan fingerprint density at radius 3 is 2.80 bits per heavy atom. The van der Waals surface area contributed by atoms with Crippen LogP contribution in [0.15, 0.2) is 24.3 Å². The van der Waals surface area contributed by atoms with Crippen LogP contribution in [-0.2, 0) is 9.59 Å². The van der Waals surface area contributed by atoms with Gasteiger partial charge in [-0.2, -0.15) is 0 Å². The summed E-state index contributed by atoms with van der Waals surface area (Å²) >= 11 is 0. The lowest BCUT2D eigenvalue weighted by Crippen LogP contribution is -2.48. The number of piperazine rings is 1. The minimum absolute atomic E-state index is 0. The molecule has 5 nitrogen and oxygen atoms in total. The third kappa shape index (κ3) is 6.63. The van der Waals surface area contributed by atoms with Crippen LogP contribution in [0, 0.1) is 5.82 Å². The van der Waals surface area contributed by atoms with Gasteiger partial charge >= 0.3 is 0 Å². The normalized spacial score (nSPS) is 17.1. The average molecular weight is 372 g/mol. The quantitative estimate of drug-likeness (QED) is 0.807. The summed E-state index contributed by atoms with van der Waals surface area (Å²) in [5.74, 6) is -0.307. The Balaban J connectivity index is 0.00000312. The minimum atomic E-state index is -0.296. The molecule has 0 radical (unpaired) electrons. The van der Waals surface area contributed by atoms with Crippen molar-refractivity contribution in [3.8, 4) is 0 Å². The Kier molecular flexibility index (Phi) is 8.86. The van der Waals surface area contributed by atoms with Gasteiger partial charge in [0.1, 0.15) is 5.82 Å². The number of benzene rings is 1. The van der Waals surface area contributed by atoms with Crippen molar-refractivity contribution in [2.75, 3.05) is 19.6 Å². The summed E-state index contributed by atoms with van der Waals surface area (Å²) in [5, 5.41) is 6.07. The van der Waals surface area contributed by atoms with Gasteiger partial charge in [0.05, 0.1) is 6.04 Å². The first-order valence-electron chi connectivity index (χ1n) is 8.52. The fourth-order valence-corrected chi connectivity index (χ4v) is 2.95. The van der Waals surface area contributed by atoms with Crippen molar-refractivity contribution in [1.82, 2.24) is 15.5 Å². The summed E-state index contributed by atoms with van der Waals surface area (Å²) in [6.45, 7) is 5.76. The molecule has 0 aliphatic carbocycles. The van der Waals surface area contributed by atoms with Gasteiger partial charge in [0.25, 0.3) is 0 Å². The van der Waals surface area contributed by atoms with Crippen LogP contribution >= 0.6 is 12.4 Å². The molecule has 1 aromatic rings. The maximum Gasteiger partial charge on any atom is 0.223 e. The molecular weight excluding hydrogens is 345 g/mol. The highest BCUT2D eigenvalue weighted by molar-refractivity contribution is 5.85. The van der Waals surface area contributed by atoms with Crippen LogP contribution in [0.25, 0.3) is 0 Å². The SMILES string of the molecule is CC(C)NC(=O)CCCC(=O)N1CCNCC1c1cccc(F)c1.Cl. The second-order valence-electron chi connectivity index (χ2n) is 6.44. The van der Waals surface area contributed by atoms with Crippen LogP contribution in [0.1, 0.15) is 44.7 Å². The molecule has 2 amide bonds. The van der Waals surface area contributed by atoms with E-state index in [2.05, 4.69) is 10.6 Å². The van der Waals surface area contributed by atoms with E-state index in [0.29, 0.717) is 32.4 Å². The van der Waals surface area contributed by atoms with Gasteiger partial charge < -0.3 is 15.5 Å². The van der Waals surface area contributed by atoms with Crippen LogP contribution < -0.4 is 10.6 Å². The predicted molar refractivity (Wildman–Crippen MR) is 98.1 cm³/mol. The molecule has 25 heavy (non-hydrogen) atoms. The predicted octanol–water partition coefficient (Wildman–Crippen LogP) is 2.42. The van der Waals surface area contributed by atoms with Crippen LogP contribution in [0.3, 0.4) is 0 Å². The zero-order valence-electron chi connectivity index (χ0n) is 14.8. The number of hydrogen-bond donors (Lipinski definition) is 2. The van der Waals surface area contributed by atoms with Gasteiger partial charge in [-0.05, 0) is 38.0 Å². The van der Waals surface area contributed by atoms with Crippen LogP contribution in [0.5, 0.6) is 0 Å². The number of nitrogens with one attached hydrogen (secondary N) is 2. The van der Waals surface area contributed by atoms with Gasteiger partial charge in [-0.25, -0.2) is 4.39 Å². The number of hydrogen-bond acceptors (Lipinski definition) is 3. The van der Waals surface area contributed by atoms with Crippen molar-refractivity contribution < 1.29 is 14.0 Å². The third-order valence-electron chi connectivity index (χ3n) is 4.04. The second-order valence-corrected chi connectivity index (χ2v) is 6.44. The Morgan fingerprint density at radius 2 is 2.12 bits per heavy atom.